The Morgan fingerprint density at radius 3 is 1.80 bits per heavy atom. The first-order chi connectivity index (χ1) is 20.2. The van der Waals surface area contributed by atoms with Crippen LogP contribution in [0.3, 0.4) is 0 Å². The summed E-state index contributed by atoms with van der Waals surface area (Å²) >= 11 is 0. The fraction of sp³-hybridized carbons (Fsp3) is 0.595. The molecule has 0 aromatic heterocycles. The molecule has 1 aliphatic rings. The number of allylic oxidation sites excluding steroid dienone is 1. The first kappa shape index (κ1) is 32.8. The van der Waals surface area contributed by atoms with Crippen LogP contribution in [0.2, 0.25) is 0 Å². The number of unbranched alkanes of at least 4 members (excludes halogenated alkanes) is 8. The number of hydrogen-bond acceptors (Lipinski definition) is 4. The van der Waals surface area contributed by atoms with Crippen molar-refractivity contribution in [3.63, 3.8) is 0 Å². The van der Waals surface area contributed by atoms with Crippen molar-refractivity contribution in [1.29, 1.82) is 0 Å². The zero-order chi connectivity index (χ0) is 29.0. The third-order valence-corrected chi connectivity index (χ3v) is 8.40. The lowest BCUT2D eigenvalue weighted by atomic mass is 9.78. The van der Waals surface area contributed by atoms with Crippen LogP contribution in [0.25, 0.3) is 0 Å². The van der Waals surface area contributed by atoms with E-state index in [2.05, 4.69) is 13.5 Å². The van der Waals surface area contributed by atoms with Gasteiger partial charge in [-0.15, -0.1) is 6.58 Å². The number of carbonyl (C=O) groups excluding carboxylic acids is 1. The summed E-state index contributed by atoms with van der Waals surface area (Å²) in [5.41, 5.74) is 0.507. The average Bonchev–Trinajstić information content (AvgIpc) is 3.00. The molecule has 0 atom stereocenters. The molecule has 2 aromatic rings. The van der Waals surface area contributed by atoms with Gasteiger partial charge in [-0.25, -0.2) is 4.79 Å². The van der Waals surface area contributed by atoms with Crippen molar-refractivity contribution in [3.8, 4) is 17.2 Å². The SMILES string of the molecule is C=CCCCCCCCCOc1ccc(C(=O)Oc2ccc(OCCC[C@H]3CC[C@H](CCCCC)CC3)cc2)cc1. The van der Waals surface area contributed by atoms with E-state index in [1.807, 2.05) is 30.3 Å². The quantitative estimate of drug-likeness (QED) is 0.0657. The minimum absolute atomic E-state index is 0.373. The molecule has 1 fully saturated rings. The zero-order valence-electron chi connectivity index (χ0n) is 25.6. The molecule has 0 bridgehead atoms. The van der Waals surface area contributed by atoms with Crippen LogP contribution in [0.15, 0.2) is 61.2 Å². The Kier molecular flexibility index (Phi) is 16.1. The number of benzene rings is 2. The smallest absolute Gasteiger partial charge is 0.343 e. The molecule has 1 saturated carbocycles. The monoisotopic (exact) mass is 562 g/mol. The van der Waals surface area contributed by atoms with Gasteiger partial charge in [0.25, 0.3) is 0 Å². The molecular formula is C37H54O4. The number of carbonyl (C=O) groups is 1. The van der Waals surface area contributed by atoms with E-state index in [0.29, 0.717) is 17.9 Å². The molecule has 0 heterocycles. The summed E-state index contributed by atoms with van der Waals surface area (Å²) in [5, 5.41) is 0. The standard InChI is InChI=1S/C37H54O4/c1-3-5-7-8-9-10-11-13-29-39-34-23-21-33(22-24-34)37(38)41-36-27-25-35(26-28-36)40-30-14-16-32-19-17-31(18-20-32)15-12-6-4-2/h3,21-28,31-32H,1,4-20,29-30H2,2H3/t31-,32-. The maximum absolute atomic E-state index is 12.6. The van der Waals surface area contributed by atoms with E-state index in [1.165, 1.54) is 89.9 Å². The molecule has 0 unspecified atom stereocenters. The summed E-state index contributed by atoms with van der Waals surface area (Å²) in [4.78, 5) is 12.6. The van der Waals surface area contributed by atoms with Crippen LogP contribution in [-0.4, -0.2) is 19.2 Å². The van der Waals surface area contributed by atoms with Gasteiger partial charge < -0.3 is 14.2 Å². The van der Waals surface area contributed by atoms with Crippen LogP contribution in [0, 0.1) is 11.8 Å². The molecule has 0 saturated heterocycles. The van der Waals surface area contributed by atoms with Crippen molar-refractivity contribution in [2.24, 2.45) is 11.8 Å². The maximum Gasteiger partial charge on any atom is 0.343 e. The summed E-state index contributed by atoms with van der Waals surface area (Å²) in [7, 11) is 0. The lowest BCUT2D eigenvalue weighted by molar-refractivity contribution is 0.0734. The van der Waals surface area contributed by atoms with E-state index >= 15 is 0 Å². The van der Waals surface area contributed by atoms with Crippen LogP contribution in [0.5, 0.6) is 17.2 Å². The van der Waals surface area contributed by atoms with E-state index in [-0.39, 0.29) is 5.97 Å². The second-order valence-corrected chi connectivity index (χ2v) is 11.8. The molecule has 2 aromatic carbocycles. The van der Waals surface area contributed by atoms with E-state index < -0.39 is 0 Å². The Morgan fingerprint density at radius 1 is 0.683 bits per heavy atom. The highest BCUT2D eigenvalue weighted by molar-refractivity contribution is 5.91. The number of rotatable bonds is 21. The van der Waals surface area contributed by atoms with Crippen LogP contribution in [-0.2, 0) is 0 Å². The van der Waals surface area contributed by atoms with Gasteiger partial charge in [-0.3, -0.25) is 0 Å². The highest BCUT2D eigenvalue weighted by atomic mass is 16.5. The Hall–Kier alpha value is -2.75. The number of hydrogen-bond donors (Lipinski definition) is 0. The third-order valence-electron chi connectivity index (χ3n) is 8.40. The molecule has 226 valence electrons. The Bertz CT molecular complexity index is 957. The lowest BCUT2D eigenvalue weighted by Gasteiger charge is -2.28. The van der Waals surface area contributed by atoms with Crippen molar-refractivity contribution >= 4 is 5.97 Å². The van der Waals surface area contributed by atoms with Crippen LogP contribution >= 0.6 is 0 Å². The normalized spacial score (nSPS) is 16.7. The van der Waals surface area contributed by atoms with Crippen LogP contribution in [0.1, 0.15) is 126 Å². The minimum Gasteiger partial charge on any atom is -0.494 e. The number of esters is 1. The van der Waals surface area contributed by atoms with Gasteiger partial charge in [0.2, 0.25) is 0 Å². The second-order valence-electron chi connectivity index (χ2n) is 11.8. The molecule has 0 N–H and O–H groups in total. The van der Waals surface area contributed by atoms with Gasteiger partial charge in [-0.1, -0.05) is 90.0 Å². The first-order valence-electron chi connectivity index (χ1n) is 16.5. The molecule has 4 heteroatoms. The lowest BCUT2D eigenvalue weighted by Crippen LogP contribution is -2.15. The van der Waals surface area contributed by atoms with Crippen molar-refractivity contribution in [2.45, 2.75) is 116 Å². The van der Waals surface area contributed by atoms with Gasteiger partial charge in [0.15, 0.2) is 0 Å². The van der Waals surface area contributed by atoms with E-state index in [1.54, 1.807) is 24.3 Å². The van der Waals surface area contributed by atoms with Crippen LogP contribution in [0.4, 0.5) is 0 Å². The first-order valence-corrected chi connectivity index (χ1v) is 16.5. The van der Waals surface area contributed by atoms with Crippen molar-refractivity contribution in [3.05, 3.63) is 66.7 Å². The van der Waals surface area contributed by atoms with Crippen LogP contribution < -0.4 is 14.2 Å². The summed E-state index contributed by atoms with van der Waals surface area (Å²) in [6.45, 7) is 7.49. The highest BCUT2D eigenvalue weighted by Gasteiger charge is 2.20. The average molecular weight is 563 g/mol. The van der Waals surface area contributed by atoms with E-state index in [4.69, 9.17) is 14.2 Å². The molecule has 0 aliphatic heterocycles. The van der Waals surface area contributed by atoms with Gasteiger partial charge in [0, 0.05) is 0 Å². The van der Waals surface area contributed by atoms with Gasteiger partial charge >= 0.3 is 5.97 Å². The van der Waals surface area contributed by atoms with E-state index in [0.717, 1.165) is 49.2 Å². The molecule has 0 spiro atoms. The Balaban J connectivity index is 1.25. The van der Waals surface area contributed by atoms with Gasteiger partial charge in [-0.05, 0) is 92.5 Å². The topological polar surface area (TPSA) is 44.8 Å². The molecule has 3 rings (SSSR count). The summed E-state index contributed by atoms with van der Waals surface area (Å²) < 4.78 is 17.3. The minimum atomic E-state index is -0.373. The summed E-state index contributed by atoms with van der Waals surface area (Å²) in [5.74, 6) is 3.59. The molecule has 4 nitrogen and oxygen atoms in total. The zero-order valence-corrected chi connectivity index (χ0v) is 25.6. The fourth-order valence-corrected chi connectivity index (χ4v) is 5.80. The van der Waals surface area contributed by atoms with Crippen molar-refractivity contribution in [1.82, 2.24) is 0 Å². The summed E-state index contributed by atoms with van der Waals surface area (Å²) in [6.07, 6.45) is 23.9. The van der Waals surface area contributed by atoms with Crippen molar-refractivity contribution < 1.29 is 19.0 Å². The largest absolute Gasteiger partial charge is 0.494 e. The summed E-state index contributed by atoms with van der Waals surface area (Å²) in [6, 6.07) is 14.5. The van der Waals surface area contributed by atoms with E-state index in [9.17, 15) is 4.79 Å². The predicted molar refractivity (Wildman–Crippen MR) is 170 cm³/mol. The van der Waals surface area contributed by atoms with Gasteiger partial charge in [0.1, 0.15) is 17.2 Å². The number of ether oxygens (including phenoxy) is 3. The van der Waals surface area contributed by atoms with Gasteiger partial charge in [-0.2, -0.15) is 0 Å². The molecular weight excluding hydrogens is 508 g/mol. The Morgan fingerprint density at radius 2 is 1.20 bits per heavy atom. The van der Waals surface area contributed by atoms with Crippen molar-refractivity contribution in [2.75, 3.05) is 13.2 Å². The Labute approximate surface area is 249 Å². The fourth-order valence-electron chi connectivity index (χ4n) is 5.80. The molecule has 41 heavy (non-hydrogen) atoms. The second kappa shape index (κ2) is 20.2. The third kappa shape index (κ3) is 13.6. The highest BCUT2D eigenvalue weighted by Crippen LogP contribution is 2.34. The molecule has 0 radical (unpaired) electrons. The molecule has 1 aliphatic carbocycles. The predicted octanol–water partition coefficient (Wildman–Crippen LogP) is 10.7. The van der Waals surface area contributed by atoms with Gasteiger partial charge in [0.05, 0.1) is 18.8 Å². The molecule has 0 amide bonds. The maximum atomic E-state index is 12.6.